The highest BCUT2D eigenvalue weighted by molar-refractivity contribution is 5.99. The summed E-state index contributed by atoms with van der Waals surface area (Å²) in [5.74, 6) is -1.20. The van der Waals surface area contributed by atoms with Crippen molar-refractivity contribution in [2.24, 2.45) is 5.92 Å². The van der Waals surface area contributed by atoms with E-state index >= 15 is 0 Å². The molecule has 1 heterocycles. The third kappa shape index (κ3) is 2.37. The Labute approximate surface area is 106 Å². The second-order valence-corrected chi connectivity index (χ2v) is 4.99. The van der Waals surface area contributed by atoms with Gasteiger partial charge in [0, 0.05) is 18.7 Å². The SMILES string of the molecule is CC(C)c1cccc(N2CC(C(=O)O)CC2=O)c1. The standard InChI is InChI=1S/C14H17NO3/c1-9(2)10-4-3-5-12(6-10)15-8-11(14(17)18)7-13(15)16/h3-6,9,11H,7-8H2,1-2H3,(H,17,18). The summed E-state index contributed by atoms with van der Waals surface area (Å²) >= 11 is 0. The Hall–Kier alpha value is -1.84. The molecule has 1 saturated heterocycles. The normalized spacial score (nSPS) is 19.6. The highest BCUT2D eigenvalue weighted by Gasteiger charge is 2.35. The molecule has 1 amide bonds. The van der Waals surface area contributed by atoms with Crippen LogP contribution in [0, 0.1) is 5.92 Å². The number of hydrogen-bond donors (Lipinski definition) is 1. The van der Waals surface area contributed by atoms with E-state index < -0.39 is 11.9 Å². The molecule has 1 aromatic rings. The molecule has 0 bridgehead atoms. The third-order valence-corrected chi connectivity index (χ3v) is 3.32. The number of amides is 1. The molecular formula is C14H17NO3. The fraction of sp³-hybridized carbons (Fsp3) is 0.429. The first kappa shape index (κ1) is 12.6. The number of aliphatic carboxylic acids is 1. The number of nitrogens with zero attached hydrogens (tertiary/aromatic N) is 1. The third-order valence-electron chi connectivity index (χ3n) is 3.32. The zero-order valence-electron chi connectivity index (χ0n) is 10.6. The van der Waals surface area contributed by atoms with Crippen LogP contribution in [0.1, 0.15) is 31.7 Å². The highest BCUT2D eigenvalue weighted by atomic mass is 16.4. The largest absolute Gasteiger partial charge is 0.481 e. The van der Waals surface area contributed by atoms with Crippen LogP contribution < -0.4 is 4.90 Å². The highest BCUT2D eigenvalue weighted by Crippen LogP contribution is 2.27. The van der Waals surface area contributed by atoms with Crippen molar-refractivity contribution in [3.8, 4) is 0 Å². The number of carbonyl (C=O) groups is 2. The van der Waals surface area contributed by atoms with Gasteiger partial charge in [-0.25, -0.2) is 0 Å². The van der Waals surface area contributed by atoms with Gasteiger partial charge in [0.2, 0.25) is 5.91 Å². The summed E-state index contributed by atoms with van der Waals surface area (Å²) in [7, 11) is 0. The minimum atomic E-state index is -0.897. The minimum absolute atomic E-state index is 0.0985. The number of rotatable bonds is 3. The zero-order chi connectivity index (χ0) is 13.3. The van der Waals surface area contributed by atoms with E-state index in [9.17, 15) is 9.59 Å². The molecule has 0 saturated carbocycles. The number of carbonyl (C=O) groups excluding carboxylic acids is 1. The molecule has 1 aliphatic heterocycles. The van der Waals surface area contributed by atoms with E-state index in [2.05, 4.69) is 13.8 Å². The lowest BCUT2D eigenvalue weighted by atomic mass is 10.0. The Morgan fingerprint density at radius 3 is 2.72 bits per heavy atom. The molecule has 4 nitrogen and oxygen atoms in total. The van der Waals surface area contributed by atoms with Crippen LogP contribution in [0.5, 0.6) is 0 Å². The van der Waals surface area contributed by atoms with Crippen LogP contribution in [0.3, 0.4) is 0 Å². The molecular weight excluding hydrogens is 230 g/mol. The average Bonchev–Trinajstić information content (AvgIpc) is 2.72. The monoisotopic (exact) mass is 247 g/mol. The average molecular weight is 247 g/mol. The van der Waals surface area contributed by atoms with Gasteiger partial charge in [0.05, 0.1) is 5.92 Å². The van der Waals surface area contributed by atoms with Crippen molar-refractivity contribution in [2.45, 2.75) is 26.2 Å². The quantitative estimate of drug-likeness (QED) is 0.891. The van der Waals surface area contributed by atoms with Gasteiger partial charge < -0.3 is 10.0 Å². The summed E-state index contributed by atoms with van der Waals surface area (Å²) in [5.41, 5.74) is 1.95. The molecule has 0 aliphatic carbocycles. The predicted octanol–water partition coefficient (Wildman–Crippen LogP) is 2.25. The lowest BCUT2D eigenvalue weighted by Gasteiger charge is -2.18. The molecule has 1 aliphatic rings. The van der Waals surface area contributed by atoms with Crippen LogP contribution in [-0.2, 0) is 9.59 Å². The van der Waals surface area contributed by atoms with Crippen LogP contribution in [0.2, 0.25) is 0 Å². The molecule has 0 radical (unpaired) electrons. The smallest absolute Gasteiger partial charge is 0.308 e. The first-order chi connectivity index (χ1) is 8.49. The molecule has 1 atom stereocenters. The zero-order valence-corrected chi connectivity index (χ0v) is 10.6. The lowest BCUT2D eigenvalue weighted by molar-refractivity contribution is -0.141. The summed E-state index contributed by atoms with van der Waals surface area (Å²) in [6.07, 6.45) is 0.0985. The number of anilines is 1. The first-order valence-electron chi connectivity index (χ1n) is 6.12. The summed E-state index contributed by atoms with van der Waals surface area (Å²) in [6, 6.07) is 7.75. The van der Waals surface area contributed by atoms with Gasteiger partial charge in [0.15, 0.2) is 0 Å². The maximum atomic E-state index is 11.8. The van der Waals surface area contributed by atoms with Crippen LogP contribution in [0.4, 0.5) is 5.69 Å². The minimum Gasteiger partial charge on any atom is -0.481 e. The Balaban J connectivity index is 2.24. The molecule has 96 valence electrons. The Kier molecular flexibility index (Phi) is 3.36. The van der Waals surface area contributed by atoms with E-state index in [4.69, 9.17) is 5.11 Å². The first-order valence-corrected chi connectivity index (χ1v) is 6.12. The fourth-order valence-corrected chi connectivity index (χ4v) is 2.17. The van der Waals surface area contributed by atoms with Crippen molar-refractivity contribution in [3.63, 3.8) is 0 Å². The van der Waals surface area contributed by atoms with E-state index in [1.54, 1.807) is 4.90 Å². The van der Waals surface area contributed by atoms with Crippen LogP contribution in [-0.4, -0.2) is 23.5 Å². The fourth-order valence-electron chi connectivity index (χ4n) is 2.17. The maximum absolute atomic E-state index is 11.8. The predicted molar refractivity (Wildman–Crippen MR) is 68.6 cm³/mol. The van der Waals surface area contributed by atoms with Crippen LogP contribution >= 0.6 is 0 Å². The van der Waals surface area contributed by atoms with Crippen molar-refractivity contribution >= 4 is 17.6 Å². The molecule has 0 spiro atoms. The van der Waals surface area contributed by atoms with Crippen molar-refractivity contribution < 1.29 is 14.7 Å². The lowest BCUT2D eigenvalue weighted by Crippen LogP contribution is -2.25. The van der Waals surface area contributed by atoms with Crippen molar-refractivity contribution in [3.05, 3.63) is 29.8 Å². The maximum Gasteiger partial charge on any atom is 0.308 e. The molecule has 18 heavy (non-hydrogen) atoms. The molecule has 0 aromatic heterocycles. The number of carboxylic acids is 1. The summed E-state index contributed by atoms with van der Waals surface area (Å²) in [6.45, 7) is 4.45. The Morgan fingerprint density at radius 1 is 1.44 bits per heavy atom. The van der Waals surface area contributed by atoms with Gasteiger partial charge in [-0.2, -0.15) is 0 Å². The van der Waals surface area contributed by atoms with Crippen LogP contribution in [0.15, 0.2) is 24.3 Å². The van der Waals surface area contributed by atoms with Crippen molar-refractivity contribution in [1.29, 1.82) is 0 Å². The van der Waals surface area contributed by atoms with E-state index in [1.165, 1.54) is 0 Å². The number of hydrogen-bond acceptors (Lipinski definition) is 2. The van der Waals surface area contributed by atoms with Gasteiger partial charge in [-0.15, -0.1) is 0 Å². The number of carboxylic acid groups (broad SMARTS) is 1. The molecule has 1 N–H and O–H groups in total. The van der Waals surface area contributed by atoms with E-state index in [-0.39, 0.29) is 18.9 Å². The van der Waals surface area contributed by atoms with Gasteiger partial charge in [-0.05, 0) is 23.6 Å². The Bertz CT molecular complexity index is 482. The van der Waals surface area contributed by atoms with Gasteiger partial charge in [-0.1, -0.05) is 26.0 Å². The van der Waals surface area contributed by atoms with Gasteiger partial charge >= 0.3 is 5.97 Å². The van der Waals surface area contributed by atoms with E-state index in [0.717, 1.165) is 11.3 Å². The van der Waals surface area contributed by atoms with Gasteiger partial charge in [0.1, 0.15) is 0 Å². The molecule has 4 heteroatoms. The Morgan fingerprint density at radius 2 is 2.17 bits per heavy atom. The molecule has 2 rings (SSSR count). The second kappa shape index (κ2) is 4.80. The van der Waals surface area contributed by atoms with Crippen LogP contribution in [0.25, 0.3) is 0 Å². The summed E-state index contributed by atoms with van der Waals surface area (Å²) in [5, 5.41) is 8.96. The van der Waals surface area contributed by atoms with Crippen molar-refractivity contribution in [1.82, 2.24) is 0 Å². The van der Waals surface area contributed by atoms with Gasteiger partial charge in [0.25, 0.3) is 0 Å². The van der Waals surface area contributed by atoms with Crippen molar-refractivity contribution in [2.75, 3.05) is 11.4 Å². The second-order valence-electron chi connectivity index (χ2n) is 4.99. The topological polar surface area (TPSA) is 57.6 Å². The van der Waals surface area contributed by atoms with E-state index in [1.807, 2.05) is 24.3 Å². The van der Waals surface area contributed by atoms with E-state index in [0.29, 0.717) is 5.92 Å². The molecule has 1 aromatic carbocycles. The van der Waals surface area contributed by atoms with Gasteiger partial charge in [-0.3, -0.25) is 9.59 Å². The molecule has 1 unspecified atom stereocenters. The molecule has 1 fully saturated rings. The summed E-state index contributed by atoms with van der Waals surface area (Å²) < 4.78 is 0. The summed E-state index contributed by atoms with van der Waals surface area (Å²) in [4.78, 5) is 24.3. The number of benzene rings is 1.